The third-order valence-electron chi connectivity index (χ3n) is 1.70. The van der Waals surface area contributed by atoms with E-state index in [1.807, 2.05) is 25.1 Å². The van der Waals surface area contributed by atoms with Gasteiger partial charge in [-0.2, -0.15) is 0 Å². The van der Waals surface area contributed by atoms with Crippen LogP contribution in [-0.4, -0.2) is 43.2 Å². The van der Waals surface area contributed by atoms with Crippen molar-refractivity contribution in [2.24, 2.45) is 0 Å². The molecule has 0 atom stereocenters. The van der Waals surface area contributed by atoms with Gasteiger partial charge in [-0.05, 0) is 0 Å². The zero-order chi connectivity index (χ0) is 33.3. The van der Waals surface area contributed by atoms with E-state index in [1.165, 1.54) is 0 Å². The first kappa shape index (κ1) is 83.2. The fourth-order valence-corrected chi connectivity index (χ4v) is 2.44. The van der Waals surface area contributed by atoms with Gasteiger partial charge in [-0.25, -0.2) is 0 Å². The van der Waals surface area contributed by atoms with Crippen molar-refractivity contribution in [3.05, 3.63) is 114 Å². The molecular weight excluding hydrogens is 778 g/mol. The van der Waals surface area contributed by atoms with Crippen molar-refractivity contribution >= 4 is 41.1 Å². The SMILES string of the molecule is CCO[C](=[Cr])/C([Se])=C(/[Se])c1ccccc1.[C-]#[O+].[C-]#[O+].[C-]#[O+].[C-]#[O+].[C-]#[O+].[C-]#[O+].[C-]#[O+].[C-]#[O+].[C-]#[O+].[C-]#[O+].[C-]#[O+].[Fe].[Fe]. The van der Waals surface area contributed by atoms with Gasteiger partial charge in [-0.1, -0.05) is 0 Å². The Morgan fingerprint density at radius 3 is 1.03 bits per heavy atom. The van der Waals surface area contributed by atoms with Crippen LogP contribution in [0.25, 0.3) is 4.47 Å². The number of hydrogen-bond acceptors (Lipinski definition) is 1. The van der Waals surface area contributed by atoms with E-state index in [4.69, 9.17) is 55.9 Å². The molecule has 0 saturated heterocycles. The predicted molar refractivity (Wildman–Crippen MR) is 105 cm³/mol. The summed E-state index contributed by atoms with van der Waals surface area (Å²) < 4.78 is 90.8. The Bertz CT molecular complexity index is 723. The molecule has 0 aliphatic heterocycles. The molecule has 0 spiro atoms. The summed E-state index contributed by atoms with van der Waals surface area (Å²) in [6.07, 6.45) is 0. The molecule has 204 valence electrons. The van der Waals surface area contributed by atoms with Gasteiger partial charge in [-0.3, -0.25) is 0 Å². The molecule has 1 rings (SSSR count). The first-order valence-electron chi connectivity index (χ1n) is 6.72. The van der Waals surface area contributed by atoms with Crippen molar-refractivity contribution in [2.75, 3.05) is 6.61 Å². The summed E-state index contributed by atoms with van der Waals surface area (Å²) in [4.78, 5) is 0. The van der Waals surface area contributed by atoms with Crippen LogP contribution in [0.15, 0.2) is 34.8 Å². The van der Waals surface area contributed by atoms with Crippen LogP contribution in [0.3, 0.4) is 0 Å². The molecule has 0 aliphatic carbocycles. The molecule has 0 saturated carbocycles. The first-order valence-corrected chi connectivity index (χ1v) is 9.07. The Morgan fingerprint density at radius 2 is 0.821 bits per heavy atom. The van der Waals surface area contributed by atoms with E-state index < -0.39 is 0 Å². The van der Waals surface area contributed by atoms with Crippen LogP contribution in [-0.2, 0) is 106 Å². The summed E-state index contributed by atoms with van der Waals surface area (Å²) in [5.74, 6) is 0. The molecule has 2 radical (unpaired) electrons. The Kier molecular flexibility index (Phi) is 320. The summed E-state index contributed by atoms with van der Waals surface area (Å²) in [5, 5.41) is 0. The van der Waals surface area contributed by atoms with Gasteiger partial charge in [0.25, 0.3) is 0 Å². The van der Waals surface area contributed by atoms with Crippen LogP contribution in [0, 0.1) is 73.2 Å². The molecule has 0 unspecified atom stereocenters. The number of rotatable bonds is 4. The summed E-state index contributed by atoms with van der Waals surface area (Å²) in [5.41, 5.74) is 1.15. The maximum Gasteiger partial charge on any atom is 0 e. The summed E-state index contributed by atoms with van der Waals surface area (Å²) >= 11 is 8.99. The predicted octanol–water partition coefficient (Wildman–Crippen LogP) is 0.988. The molecule has 0 fully saturated rings. The number of benzene rings is 1. The Labute approximate surface area is 272 Å². The van der Waals surface area contributed by atoms with Crippen LogP contribution >= 0.6 is 0 Å². The quantitative estimate of drug-likeness (QED) is 0.243. The van der Waals surface area contributed by atoms with Gasteiger partial charge in [0.05, 0.1) is 0 Å². The topological polar surface area (TPSA) is 228 Å². The zero-order valence-electron chi connectivity index (χ0n) is 18.9. The van der Waals surface area contributed by atoms with E-state index in [2.05, 4.69) is 133 Å². The molecule has 12 nitrogen and oxygen atoms in total. The molecule has 1 aromatic rings. The minimum Gasteiger partial charge on any atom is 0 e. The molecule has 1 aromatic carbocycles. The Hall–Kier alpha value is -1.46. The zero-order valence-corrected chi connectivity index (χ0v) is 25.8. The van der Waals surface area contributed by atoms with Gasteiger partial charge >= 0.3 is 240 Å². The van der Waals surface area contributed by atoms with Crippen molar-refractivity contribution in [3.8, 4) is 0 Å². The van der Waals surface area contributed by atoms with E-state index in [1.54, 1.807) is 0 Å². The molecule has 0 aromatic heterocycles. The van der Waals surface area contributed by atoms with Gasteiger partial charge in [0.15, 0.2) is 0 Å². The second-order valence-electron chi connectivity index (χ2n) is 2.74. The fourth-order valence-electron chi connectivity index (χ4n) is 1.01. The van der Waals surface area contributed by atoms with Crippen LogP contribution in [0.2, 0.25) is 0 Å². The normalized spacial score (nSPS) is 5.21. The van der Waals surface area contributed by atoms with Crippen LogP contribution in [0.4, 0.5) is 0 Å². The van der Waals surface area contributed by atoms with E-state index in [0.717, 1.165) is 19.1 Å². The largest absolute Gasteiger partial charge is 0 e. The van der Waals surface area contributed by atoms with Crippen molar-refractivity contribution in [1.29, 1.82) is 0 Å². The Balaban J connectivity index is -0.0000000218. The maximum atomic E-state index is 7.50. The number of hydrogen-bond donors (Lipinski definition) is 0. The van der Waals surface area contributed by atoms with Gasteiger partial charge in [0.1, 0.15) is 0 Å². The minimum atomic E-state index is 0. The van der Waals surface area contributed by atoms with Crippen molar-refractivity contribution in [2.45, 2.75) is 6.92 Å². The monoisotopic (exact) mass is 790 g/mol. The summed E-state index contributed by atoms with van der Waals surface area (Å²) in [6.45, 7) is 52.1. The fraction of sp³-hybridized carbons (Fsp3) is 0.0909. The van der Waals surface area contributed by atoms with Gasteiger partial charge in [0, 0.05) is 34.1 Å². The third-order valence-corrected chi connectivity index (χ3v) is 5.08. The molecular formula is C22H10CrFe2O12Se2. The molecule has 0 heterocycles. The Morgan fingerprint density at radius 1 is 0.590 bits per heavy atom. The van der Waals surface area contributed by atoms with Crippen LogP contribution in [0.5, 0.6) is 0 Å². The number of ether oxygens (including phenoxy) is 1. The van der Waals surface area contributed by atoms with E-state index >= 15 is 0 Å². The second kappa shape index (κ2) is 150. The van der Waals surface area contributed by atoms with Crippen LogP contribution in [0.1, 0.15) is 12.5 Å². The van der Waals surface area contributed by atoms with E-state index in [-0.39, 0.29) is 34.1 Å². The smallest absolute Gasteiger partial charge is 0 e. The maximum absolute atomic E-state index is 7.50. The standard InChI is InChI=1S/C11H10OSe2.11CO.Cr.2Fe/c1-2-12-8-10(13)11(14)9-6-4-3-5-7-9;11*1-2;;;/h3-7H,2H2,1H3;;;;;;;;;;;;;;/b11-10-;;;;;;;;;;;;;;. The minimum absolute atomic E-state index is 0. The molecule has 0 bridgehead atoms. The summed E-state index contributed by atoms with van der Waals surface area (Å²) in [6, 6.07) is 10.1. The van der Waals surface area contributed by atoms with E-state index in [9.17, 15) is 0 Å². The molecule has 0 N–H and O–H groups in total. The summed E-state index contributed by atoms with van der Waals surface area (Å²) in [7, 11) is 0. The van der Waals surface area contributed by atoms with Crippen LogP contribution < -0.4 is 0 Å². The van der Waals surface area contributed by atoms with Gasteiger partial charge in [-0.15, -0.1) is 0 Å². The van der Waals surface area contributed by atoms with Crippen molar-refractivity contribution in [1.82, 2.24) is 0 Å². The van der Waals surface area contributed by atoms with E-state index in [0.29, 0.717) is 6.61 Å². The first-order chi connectivity index (χ1) is 18.2. The average molecular weight is 788 g/mol. The molecule has 0 amide bonds. The third kappa shape index (κ3) is 94.0. The molecule has 17 heteroatoms. The van der Waals surface area contributed by atoms with Crippen molar-refractivity contribution in [3.63, 3.8) is 0 Å². The van der Waals surface area contributed by atoms with Gasteiger partial charge < -0.3 is 0 Å². The second-order valence-corrected chi connectivity index (χ2v) is 5.04. The van der Waals surface area contributed by atoms with Gasteiger partial charge in [0.2, 0.25) is 0 Å². The molecule has 0 aliphatic rings. The molecule has 39 heavy (non-hydrogen) atoms. The van der Waals surface area contributed by atoms with Crippen molar-refractivity contribution < 1.29 is 106 Å². The average Bonchev–Trinajstić information content (AvgIpc) is 3.07.